The number of hydrogen-bond acceptors (Lipinski definition) is 2. The molecule has 0 bridgehead atoms. The van der Waals surface area contributed by atoms with Crippen LogP contribution in [0.3, 0.4) is 0 Å². The Bertz CT molecular complexity index is 345. The summed E-state index contributed by atoms with van der Waals surface area (Å²) in [6.45, 7) is 7.35. The van der Waals surface area contributed by atoms with Crippen LogP contribution in [-0.4, -0.2) is 18.8 Å². The molecule has 2 unspecified atom stereocenters. The van der Waals surface area contributed by atoms with Crippen molar-refractivity contribution in [3.8, 4) is 0 Å². The largest absolute Gasteiger partial charge is 0.378 e. The highest BCUT2D eigenvalue weighted by molar-refractivity contribution is 5.23. The van der Waals surface area contributed by atoms with E-state index < -0.39 is 0 Å². The summed E-state index contributed by atoms with van der Waals surface area (Å²) in [6, 6.07) is 9.08. The molecular formula is C18H31NO. The highest BCUT2D eigenvalue weighted by Gasteiger charge is 2.03. The lowest BCUT2D eigenvalue weighted by Gasteiger charge is -2.13. The van der Waals surface area contributed by atoms with Crippen molar-refractivity contribution in [2.75, 3.05) is 6.61 Å². The fourth-order valence-corrected chi connectivity index (χ4v) is 2.30. The van der Waals surface area contributed by atoms with E-state index in [4.69, 9.17) is 10.5 Å². The molecule has 1 rings (SSSR count). The first kappa shape index (κ1) is 17.2. The van der Waals surface area contributed by atoms with Gasteiger partial charge in [0.25, 0.3) is 0 Å². The van der Waals surface area contributed by atoms with Crippen molar-refractivity contribution in [2.45, 2.75) is 71.4 Å². The van der Waals surface area contributed by atoms with Crippen molar-refractivity contribution >= 4 is 0 Å². The molecule has 2 nitrogen and oxygen atoms in total. The summed E-state index contributed by atoms with van der Waals surface area (Å²) in [7, 11) is 0. The SMILES string of the molecule is CCCCCOC(C)CCc1ccc(CC(C)N)cc1. The van der Waals surface area contributed by atoms with Crippen molar-refractivity contribution < 1.29 is 4.74 Å². The van der Waals surface area contributed by atoms with Crippen LogP contribution in [0, 0.1) is 0 Å². The van der Waals surface area contributed by atoms with Gasteiger partial charge < -0.3 is 10.5 Å². The van der Waals surface area contributed by atoms with Crippen molar-refractivity contribution in [1.29, 1.82) is 0 Å². The van der Waals surface area contributed by atoms with Gasteiger partial charge in [-0.25, -0.2) is 0 Å². The van der Waals surface area contributed by atoms with Gasteiger partial charge in [-0.05, 0) is 50.7 Å². The van der Waals surface area contributed by atoms with Crippen LogP contribution < -0.4 is 5.73 Å². The van der Waals surface area contributed by atoms with E-state index in [2.05, 4.69) is 38.1 Å². The van der Waals surface area contributed by atoms with Crippen molar-refractivity contribution in [3.63, 3.8) is 0 Å². The smallest absolute Gasteiger partial charge is 0.0550 e. The van der Waals surface area contributed by atoms with E-state index >= 15 is 0 Å². The highest BCUT2D eigenvalue weighted by Crippen LogP contribution is 2.11. The van der Waals surface area contributed by atoms with Crippen LogP contribution in [0.15, 0.2) is 24.3 Å². The molecule has 2 atom stereocenters. The average Bonchev–Trinajstić information content (AvgIpc) is 2.42. The maximum atomic E-state index is 5.83. The Balaban J connectivity index is 2.23. The topological polar surface area (TPSA) is 35.2 Å². The summed E-state index contributed by atoms with van der Waals surface area (Å²) in [4.78, 5) is 0. The number of rotatable bonds is 10. The average molecular weight is 277 g/mol. The van der Waals surface area contributed by atoms with Gasteiger partial charge >= 0.3 is 0 Å². The molecule has 20 heavy (non-hydrogen) atoms. The van der Waals surface area contributed by atoms with E-state index in [0.717, 1.165) is 25.9 Å². The normalized spacial score (nSPS) is 14.2. The Hall–Kier alpha value is -0.860. The lowest BCUT2D eigenvalue weighted by atomic mass is 10.0. The van der Waals surface area contributed by atoms with Crippen LogP contribution in [0.5, 0.6) is 0 Å². The van der Waals surface area contributed by atoms with Gasteiger partial charge in [0.2, 0.25) is 0 Å². The molecule has 0 saturated carbocycles. The van der Waals surface area contributed by atoms with Gasteiger partial charge in [-0.2, -0.15) is 0 Å². The maximum Gasteiger partial charge on any atom is 0.0550 e. The standard InChI is InChI=1S/C18H31NO/c1-4-5-6-13-20-16(3)7-8-17-9-11-18(12-10-17)14-15(2)19/h9-12,15-16H,4-8,13-14,19H2,1-3H3. The van der Waals surface area contributed by atoms with Crippen LogP contribution >= 0.6 is 0 Å². The number of hydrogen-bond donors (Lipinski definition) is 1. The van der Waals surface area contributed by atoms with Gasteiger partial charge in [0.15, 0.2) is 0 Å². The molecule has 0 radical (unpaired) electrons. The predicted octanol–water partition coefficient (Wildman–Crippen LogP) is 4.10. The van der Waals surface area contributed by atoms with Gasteiger partial charge in [0.1, 0.15) is 0 Å². The lowest BCUT2D eigenvalue weighted by Crippen LogP contribution is -2.17. The molecule has 0 saturated heterocycles. The highest BCUT2D eigenvalue weighted by atomic mass is 16.5. The van der Waals surface area contributed by atoms with Crippen LogP contribution in [0.1, 0.15) is 57.6 Å². The van der Waals surface area contributed by atoms with E-state index in [1.165, 1.54) is 30.4 Å². The molecule has 0 aliphatic rings. The Labute approximate surface area is 124 Å². The van der Waals surface area contributed by atoms with Gasteiger partial charge in [-0.3, -0.25) is 0 Å². The van der Waals surface area contributed by atoms with Crippen molar-refractivity contribution in [2.24, 2.45) is 5.73 Å². The first-order valence-corrected chi connectivity index (χ1v) is 8.06. The molecular weight excluding hydrogens is 246 g/mol. The molecule has 2 N–H and O–H groups in total. The Morgan fingerprint density at radius 3 is 2.30 bits per heavy atom. The van der Waals surface area contributed by atoms with Crippen molar-refractivity contribution in [1.82, 2.24) is 0 Å². The van der Waals surface area contributed by atoms with Crippen molar-refractivity contribution in [3.05, 3.63) is 35.4 Å². The van der Waals surface area contributed by atoms with Gasteiger partial charge in [0, 0.05) is 12.6 Å². The molecule has 0 spiro atoms. The summed E-state index contributed by atoms with van der Waals surface area (Å²) in [5.41, 5.74) is 8.53. The molecule has 114 valence electrons. The second kappa shape index (κ2) is 9.95. The number of benzene rings is 1. The monoisotopic (exact) mass is 277 g/mol. The zero-order valence-electron chi connectivity index (χ0n) is 13.4. The third-order valence-corrected chi connectivity index (χ3v) is 3.57. The molecule has 0 fully saturated rings. The minimum atomic E-state index is 0.234. The molecule has 0 heterocycles. The summed E-state index contributed by atoms with van der Waals surface area (Å²) >= 11 is 0. The zero-order valence-corrected chi connectivity index (χ0v) is 13.4. The van der Waals surface area contributed by atoms with Gasteiger partial charge in [-0.15, -0.1) is 0 Å². The third kappa shape index (κ3) is 7.66. The van der Waals surface area contributed by atoms with E-state index in [1.807, 2.05) is 6.92 Å². The first-order valence-electron chi connectivity index (χ1n) is 8.06. The van der Waals surface area contributed by atoms with E-state index in [1.54, 1.807) is 0 Å². The number of ether oxygens (including phenoxy) is 1. The molecule has 0 aliphatic heterocycles. The summed E-state index contributed by atoms with van der Waals surface area (Å²) < 4.78 is 5.83. The number of nitrogens with two attached hydrogens (primary N) is 1. The zero-order chi connectivity index (χ0) is 14.8. The minimum absolute atomic E-state index is 0.234. The molecule has 1 aromatic carbocycles. The second-order valence-corrected chi connectivity index (χ2v) is 5.93. The quantitative estimate of drug-likeness (QED) is 0.653. The van der Waals surface area contributed by atoms with Crippen LogP contribution in [0.25, 0.3) is 0 Å². The molecule has 0 amide bonds. The fraction of sp³-hybridized carbons (Fsp3) is 0.667. The molecule has 2 heteroatoms. The molecule has 0 aromatic heterocycles. The molecule has 0 aliphatic carbocycles. The van der Waals surface area contributed by atoms with E-state index in [0.29, 0.717) is 6.10 Å². The Morgan fingerprint density at radius 1 is 1.05 bits per heavy atom. The van der Waals surface area contributed by atoms with Crippen LogP contribution in [0.2, 0.25) is 0 Å². The number of aryl methyl sites for hydroxylation is 1. The maximum absolute atomic E-state index is 5.83. The number of unbranched alkanes of at least 4 members (excludes halogenated alkanes) is 2. The van der Waals surface area contributed by atoms with Gasteiger partial charge in [0.05, 0.1) is 6.10 Å². The van der Waals surface area contributed by atoms with Gasteiger partial charge in [-0.1, -0.05) is 44.0 Å². The second-order valence-electron chi connectivity index (χ2n) is 5.93. The Morgan fingerprint density at radius 2 is 1.70 bits per heavy atom. The summed E-state index contributed by atoms with van der Waals surface area (Å²) in [6.07, 6.45) is 7.21. The minimum Gasteiger partial charge on any atom is -0.378 e. The lowest BCUT2D eigenvalue weighted by molar-refractivity contribution is 0.0579. The van der Waals surface area contributed by atoms with Crippen LogP contribution in [-0.2, 0) is 17.6 Å². The Kier molecular flexibility index (Phi) is 8.56. The third-order valence-electron chi connectivity index (χ3n) is 3.57. The van der Waals surface area contributed by atoms with Crippen LogP contribution in [0.4, 0.5) is 0 Å². The predicted molar refractivity (Wildman–Crippen MR) is 87.1 cm³/mol. The molecule has 1 aromatic rings. The van der Waals surface area contributed by atoms with E-state index in [9.17, 15) is 0 Å². The fourth-order valence-electron chi connectivity index (χ4n) is 2.30. The summed E-state index contributed by atoms with van der Waals surface area (Å²) in [5.74, 6) is 0. The van der Waals surface area contributed by atoms with E-state index in [-0.39, 0.29) is 6.04 Å². The first-order chi connectivity index (χ1) is 9.61. The summed E-state index contributed by atoms with van der Waals surface area (Å²) in [5, 5.41) is 0.